The molecule has 10 aromatic carbocycles. The maximum absolute atomic E-state index is 2.54. The van der Waals surface area contributed by atoms with Crippen LogP contribution >= 0.6 is 0 Å². The van der Waals surface area contributed by atoms with Gasteiger partial charge in [0.15, 0.2) is 0 Å². The number of aromatic nitrogens is 1. The van der Waals surface area contributed by atoms with Gasteiger partial charge in [-0.05, 0) is 119 Å². The molecule has 1 aromatic heterocycles. The van der Waals surface area contributed by atoms with Gasteiger partial charge in [-0.3, -0.25) is 0 Å². The van der Waals surface area contributed by atoms with Crippen LogP contribution in [0.15, 0.2) is 237 Å². The summed E-state index contributed by atoms with van der Waals surface area (Å²) in [5.41, 5.74) is 24.0. The lowest BCUT2D eigenvalue weighted by atomic mass is 9.67. The molecule has 0 amide bonds. The first kappa shape index (κ1) is 35.6. The van der Waals surface area contributed by atoms with E-state index in [0.717, 1.165) is 6.42 Å². The second-order valence-electron chi connectivity index (χ2n) is 17.9. The third-order valence-corrected chi connectivity index (χ3v) is 15.0. The van der Waals surface area contributed by atoms with E-state index in [1.54, 1.807) is 0 Å². The van der Waals surface area contributed by atoms with E-state index in [2.05, 4.69) is 241 Å². The van der Waals surface area contributed by atoms with Crippen molar-refractivity contribution in [3.05, 3.63) is 292 Å². The minimum atomic E-state index is -0.473. The Balaban J connectivity index is 1.02. The summed E-state index contributed by atoms with van der Waals surface area (Å²) in [6.45, 7) is 0. The predicted molar refractivity (Wildman–Crippen MR) is 264 cm³/mol. The molecule has 3 aliphatic carbocycles. The average Bonchev–Trinajstić information content (AvgIpc) is 4.09. The van der Waals surface area contributed by atoms with Crippen molar-refractivity contribution in [2.45, 2.75) is 17.3 Å². The van der Waals surface area contributed by atoms with Crippen LogP contribution in [0, 0.1) is 0 Å². The van der Waals surface area contributed by atoms with Crippen molar-refractivity contribution >= 4 is 21.8 Å². The van der Waals surface area contributed by atoms with Gasteiger partial charge >= 0.3 is 0 Å². The second-order valence-corrected chi connectivity index (χ2v) is 17.9. The lowest BCUT2D eigenvalue weighted by Crippen LogP contribution is -2.28. The van der Waals surface area contributed by atoms with Gasteiger partial charge in [-0.2, -0.15) is 0 Å². The van der Waals surface area contributed by atoms with Gasteiger partial charge in [0.1, 0.15) is 0 Å². The zero-order valence-electron chi connectivity index (χ0n) is 35.2. The third kappa shape index (κ3) is 4.53. The Bertz CT molecular complexity index is 3600. The minimum Gasteiger partial charge on any atom is -0.309 e. The normalized spacial score (nSPS) is 14.4. The molecule has 1 heterocycles. The molecule has 0 saturated heterocycles. The highest BCUT2D eigenvalue weighted by Crippen LogP contribution is 2.59. The first-order chi connectivity index (χ1) is 31.8. The smallest absolute Gasteiger partial charge is 0.0713 e. The Morgan fingerprint density at radius 3 is 1.30 bits per heavy atom. The van der Waals surface area contributed by atoms with Crippen molar-refractivity contribution in [2.75, 3.05) is 0 Å². The zero-order chi connectivity index (χ0) is 42.0. The SMILES string of the molecule is c1ccc(-n2c3ccc(C4(c5ccccc5)c5ccccc5-c5ccccc54)cc3c3ccc4c(c32)Cc2ccc(C3(c5ccccc5)c5ccccc5-c5ccccc53)cc2-4)cc1. The van der Waals surface area contributed by atoms with E-state index in [9.17, 15) is 0 Å². The molecule has 0 atom stereocenters. The summed E-state index contributed by atoms with van der Waals surface area (Å²) in [7, 11) is 0. The fourth-order valence-electron chi connectivity index (χ4n) is 12.5. The quantitative estimate of drug-likeness (QED) is 0.163. The molecule has 1 nitrogen and oxygen atoms in total. The molecule has 0 unspecified atom stereocenters. The number of fused-ring (bicyclic) bond motifs is 13. The molecule has 0 bridgehead atoms. The fraction of sp³-hybridized carbons (Fsp3) is 0.0476. The van der Waals surface area contributed by atoms with Crippen molar-refractivity contribution in [1.29, 1.82) is 0 Å². The molecule has 1 heteroatoms. The van der Waals surface area contributed by atoms with E-state index < -0.39 is 10.8 Å². The zero-order valence-corrected chi connectivity index (χ0v) is 35.2. The predicted octanol–water partition coefficient (Wildman–Crippen LogP) is 15.1. The van der Waals surface area contributed by atoms with E-state index in [1.807, 2.05) is 0 Å². The highest BCUT2D eigenvalue weighted by molar-refractivity contribution is 6.13. The van der Waals surface area contributed by atoms with Gasteiger partial charge in [0.2, 0.25) is 0 Å². The molecule has 0 fully saturated rings. The summed E-state index contributed by atoms with van der Waals surface area (Å²) in [6, 6.07) is 89.1. The Morgan fingerprint density at radius 2 is 0.766 bits per heavy atom. The van der Waals surface area contributed by atoms with Crippen LogP contribution < -0.4 is 0 Å². The Labute approximate surface area is 373 Å². The molecule has 0 saturated carbocycles. The number of benzene rings is 10. The second kappa shape index (κ2) is 13.3. The molecule has 0 aliphatic heterocycles. The summed E-state index contributed by atoms with van der Waals surface area (Å²) in [5.74, 6) is 0. The molecule has 0 spiro atoms. The van der Waals surface area contributed by atoms with E-state index in [0.29, 0.717) is 0 Å². The number of nitrogens with zero attached hydrogens (tertiary/aromatic N) is 1. The van der Waals surface area contributed by atoms with Crippen LogP contribution in [0.3, 0.4) is 0 Å². The van der Waals surface area contributed by atoms with Crippen LogP contribution in [0.2, 0.25) is 0 Å². The van der Waals surface area contributed by atoms with Gasteiger partial charge in [0.25, 0.3) is 0 Å². The average molecular weight is 812 g/mol. The molecular formula is C63H41N. The number of hydrogen-bond donors (Lipinski definition) is 0. The van der Waals surface area contributed by atoms with Crippen molar-refractivity contribution in [3.63, 3.8) is 0 Å². The lowest BCUT2D eigenvalue weighted by Gasteiger charge is -2.34. The highest BCUT2D eigenvalue weighted by atomic mass is 15.0. The molecular weight excluding hydrogens is 771 g/mol. The van der Waals surface area contributed by atoms with E-state index >= 15 is 0 Å². The summed E-state index contributed by atoms with van der Waals surface area (Å²) in [5, 5.41) is 2.56. The van der Waals surface area contributed by atoms with Gasteiger partial charge in [-0.15, -0.1) is 0 Å². The first-order valence-electron chi connectivity index (χ1n) is 22.6. The van der Waals surface area contributed by atoms with Gasteiger partial charge < -0.3 is 4.57 Å². The number of para-hydroxylation sites is 1. The van der Waals surface area contributed by atoms with Crippen molar-refractivity contribution in [3.8, 4) is 39.1 Å². The topological polar surface area (TPSA) is 4.93 Å². The number of rotatable bonds is 5. The maximum atomic E-state index is 2.54. The molecule has 0 N–H and O–H groups in total. The van der Waals surface area contributed by atoms with Gasteiger partial charge in [0.05, 0.1) is 21.9 Å². The van der Waals surface area contributed by atoms with Gasteiger partial charge in [-0.25, -0.2) is 0 Å². The molecule has 3 aliphatic rings. The third-order valence-electron chi connectivity index (χ3n) is 15.0. The van der Waals surface area contributed by atoms with Crippen molar-refractivity contribution in [1.82, 2.24) is 4.57 Å². The van der Waals surface area contributed by atoms with Crippen LogP contribution in [0.1, 0.15) is 55.6 Å². The standard InChI is InChI=1S/C63H41N/c1-4-18-42(19-5-1)62(56-28-14-10-24-48(56)49-25-11-15-29-57(49)62)44-33-32-41-38-55-47(53(41)39-44)35-36-52-54-40-45(34-37-60(54)64(61(52)55)46-22-8-3-9-23-46)63(43-20-6-2-7-21-43)58-30-16-12-26-50(58)51-27-13-17-31-59(51)63/h1-37,39-40H,38H2. The van der Waals surface area contributed by atoms with Gasteiger partial charge in [-0.1, -0.05) is 206 Å². The molecule has 0 radical (unpaired) electrons. The minimum absolute atomic E-state index is 0.447. The molecule has 14 rings (SSSR count). The van der Waals surface area contributed by atoms with Crippen LogP contribution in [0.25, 0.3) is 60.9 Å². The van der Waals surface area contributed by atoms with Crippen molar-refractivity contribution in [2.24, 2.45) is 0 Å². The Morgan fingerprint density at radius 1 is 0.312 bits per heavy atom. The molecule has 11 aromatic rings. The summed E-state index contributed by atoms with van der Waals surface area (Å²) in [4.78, 5) is 0. The first-order valence-corrected chi connectivity index (χ1v) is 22.6. The molecule has 298 valence electrons. The van der Waals surface area contributed by atoms with Crippen molar-refractivity contribution < 1.29 is 0 Å². The summed E-state index contributed by atoms with van der Waals surface area (Å²) >= 11 is 0. The monoisotopic (exact) mass is 811 g/mol. The maximum Gasteiger partial charge on any atom is 0.0713 e. The van der Waals surface area contributed by atoms with Crippen LogP contribution in [-0.2, 0) is 17.3 Å². The Hall–Kier alpha value is -8.00. The van der Waals surface area contributed by atoms with E-state index in [-0.39, 0.29) is 0 Å². The van der Waals surface area contributed by atoms with Crippen LogP contribution in [0.4, 0.5) is 0 Å². The lowest BCUT2D eigenvalue weighted by molar-refractivity contribution is 0.768. The highest BCUT2D eigenvalue weighted by Gasteiger charge is 2.48. The van der Waals surface area contributed by atoms with E-state index in [1.165, 1.54) is 117 Å². The largest absolute Gasteiger partial charge is 0.309 e. The fourth-order valence-corrected chi connectivity index (χ4v) is 12.5. The van der Waals surface area contributed by atoms with Crippen LogP contribution in [0.5, 0.6) is 0 Å². The van der Waals surface area contributed by atoms with E-state index in [4.69, 9.17) is 0 Å². The molecule has 64 heavy (non-hydrogen) atoms. The summed E-state index contributed by atoms with van der Waals surface area (Å²) < 4.78 is 2.54. The van der Waals surface area contributed by atoms with Gasteiger partial charge in [0, 0.05) is 22.9 Å². The van der Waals surface area contributed by atoms with Crippen LogP contribution in [-0.4, -0.2) is 4.57 Å². The Kier molecular flexibility index (Phi) is 7.37. The summed E-state index contributed by atoms with van der Waals surface area (Å²) in [6.07, 6.45) is 0.874. The number of hydrogen-bond acceptors (Lipinski definition) is 0.